The summed E-state index contributed by atoms with van der Waals surface area (Å²) in [4.78, 5) is 70.8. The third kappa shape index (κ3) is 11.8. The summed E-state index contributed by atoms with van der Waals surface area (Å²) < 4.78 is 0. The number of guanidine groups is 1. The number of nitrogens with one attached hydrogen (secondary N) is 4. The minimum Gasteiger partial charge on any atom is -0.480 e. The molecule has 1 heterocycles. The molecule has 0 radical (unpaired) electrons. The van der Waals surface area contributed by atoms with Gasteiger partial charge in [-0.05, 0) is 19.3 Å². The van der Waals surface area contributed by atoms with Gasteiger partial charge < -0.3 is 54.1 Å². The molecule has 4 unspecified atom stereocenters. The monoisotopic (exact) mass is 526 g/mol. The van der Waals surface area contributed by atoms with Crippen LogP contribution in [-0.2, 0) is 30.4 Å². The highest BCUT2D eigenvalue weighted by molar-refractivity contribution is 5.94. The summed E-state index contributed by atoms with van der Waals surface area (Å²) in [6.45, 7) is -0.723. The minimum absolute atomic E-state index is 0.0222. The number of aliphatic carboxylic acids is 1. The van der Waals surface area contributed by atoms with Gasteiger partial charge >= 0.3 is 5.97 Å². The summed E-state index contributed by atoms with van der Waals surface area (Å²) in [6, 6.07) is -5.27. The Morgan fingerprint density at radius 3 is 2.14 bits per heavy atom. The number of rotatable bonds is 17. The van der Waals surface area contributed by atoms with E-state index in [9.17, 15) is 34.2 Å². The number of nitrogens with zero attached hydrogens (tertiary/aromatic N) is 2. The van der Waals surface area contributed by atoms with Crippen LogP contribution < -0.4 is 38.9 Å². The van der Waals surface area contributed by atoms with Gasteiger partial charge in [0.25, 0.3) is 0 Å². The third-order valence-electron chi connectivity index (χ3n) is 5.03. The molecule has 17 nitrogen and oxygen atoms in total. The molecule has 1 rings (SSSR count). The van der Waals surface area contributed by atoms with Gasteiger partial charge in [-0.15, -0.1) is 0 Å². The SMILES string of the molecule is NC(=O)CCC(N)C(=O)NC(Cc1cnc[nH]1)C(=O)NC(CO)C(=O)NC(CCCN=C(N)N)C(=O)O. The van der Waals surface area contributed by atoms with E-state index in [1.165, 1.54) is 12.5 Å². The van der Waals surface area contributed by atoms with Crippen LogP contribution in [0.5, 0.6) is 0 Å². The van der Waals surface area contributed by atoms with Crippen molar-refractivity contribution in [3.05, 3.63) is 18.2 Å². The molecule has 0 spiro atoms. The van der Waals surface area contributed by atoms with Crippen molar-refractivity contribution in [2.24, 2.45) is 27.9 Å². The van der Waals surface area contributed by atoms with Crippen LogP contribution in [0.3, 0.4) is 0 Å². The van der Waals surface area contributed by atoms with Gasteiger partial charge in [0.05, 0.1) is 19.0 Å². The number of primary amides is 1. The second-order valence-corrected chi connectivity index (χ2v) is 8.05. The van der Waals surface area contributed by atoms with E-state index < -0.39 is 60.4 Å². The van der Waals surface area contributed by atoms with Crippen LogP contribution in [-0.4, -0.2) is 93.1 Å². The summed E-state index contributed by atoms with van der Waals surface area (Å²) in [5.74, 6) is -4.73. The zero-order chi connectivity index (χ0) is 28.0. The van der Waals surface area contributed by atoms with E-state index in [0.717, 1.165) is 0 Å². The maximum Gasteiger partial charge on any atom is 0.326 e. The van der Waals surface area contributed by atoms with Crippen molar-refractivity contribution >= 4 is 35.6 Å². The molecule has 1 aromatic rings. The predicted molar refractivity (Wildman–Crippen MR) is 129 cm³/mol. The maximum atomic E-state index is 12.9. The molecule has 206 valence electrons. The lowest BCUT2D eigenvalue weighted by molar-refractivity contribution is -0.142. The normalized spacial score (nSPS) is 13.9. The van der Waals surface area contributed by atoms with E-state index >= 15 is 0 Å². The van der Waals surface area contributed by atoms with Crippen molar-refractivity contribution < 1.29 is 34.2 Å². The fourth-order valence-corrected chi connectivity index (χ4v) is 3.03. The van der Waals surface area contributed by atoms with Crippen molar-refractivity contribution in [1.82, 2.24) is 25.9 Å². The summed E-state index contributed by atoms with van der Waals surface area (Å²) in [6.07, 6.45) is 2.70. The van der Waals surface area contributed by atoms with Crippen LogP contribution in [0.15, 0.2) is 17.5 Å². The number of nitrogens with two attached hydrogens (primary N) is 4. The van der Waals surface area contributed by atoms with Crippen LogP contribution in [0.25, 0.3) is 0 Å². The molecule has 0 fully saturated rings. The first kappa shape index (κ1) is 30.8. The molecule has 4 amide bonds. The van der Waals surface area contributed by atoms with Crippen LogP contribution in [0.1, 0.15) is 31.4 Å². The smallest absolute Gasteiger partial charge is 0.326 e. The first-order valence-electron chi connectivity index (χ1n) is 11.3. The van der Waals surface area contributed by atoms with Crippen LogP contribution >= 0.6 is 0 Å². The number of carboxylic acid groups (broad SMARTS) is 1. The highest BCUT2D eigenvalue weighted by Gasteiger charge is 2.30. The highest BCUT2D eigenvalue weighted by Crippen LogP contribution is 2.04. The number of carbonyl (C=O) groups is 5. The molecule has 0 aromatic carbocycles. The Labute approximate surface area is 211 Å². The Kier molecular flexibility index (Phi) is 13.0. The van der Waals surface area contributed by atoms with Crippen LogP contribution in [0.2, 0.25) is 0 Å². The molecule has 4 atom stereocenters. The van der Waals surface area contributed by atoms with Crippen LogP contribution in [0.4, 0.5) is 0 Å². The molecule has 14 N–H and O–H groups in total. The lowest BCUT2D eigenvalue weighted by Crippen LogP contribution is -2.58. The maximum absolute atomic E-state index is 12.9. The fourth-order valence-electron chi connectivity index (χ4n) is 3.03. The summed E-state index contributed by atoms with van der Waals surface area (Å²) in [5.41, 5.74) is 21.7. The third-order valence-corrected chi connectivity index (χ3v) is 5.03. The van der Waals surface area contributed by atoms with E-state index in [1.54, 1.807) is 0 Å². The van der Waals surface area contributed by atoms with Crippen molar-refractivity contribution in [3.63, 3.8) is 0 Å². The topological polar surface area (TPSA) is 307 Å². The molecular formula is C20H34N10O7. The van der Waals surface area contributed by atoms with Crippen molar-refractivity contribution in [3.8, 4) is 0 Å². The summed E-state index contributed by atoms with van der Waals surface area (Å²) in [7, 11) is 0. The fraction of sp³-hybridized carbons (Fsp3) is 0.550. The van der Waals surface area contributed by atoms with Gasteiger partial charge in [-0.1, -0.05) is 0 Å². The van der Waals surface area contributed by atoms with Crippen molar-refractivity contribution in [2.75, 3.05) is 13.2 Å². The number of hydrogen-bond donors (Lipinski definition) is 10. The number of amides is 4. The van der Waals surface area contributed by atoms with E-state index in [0.29, 0.717) is 5.69 Å². The van der Waals surface area contributed by atoms with Crippen molar-refractivity contribution in [1.29, 1.82) is 0 Å². The second kappa shape index (κ2) is 15.7. The number of aliphatic hydroxyl groups excluding tert-OH is 1. The Hall–Kier alpha value is -4.25. The molecule has 0 aliphatic carbocycles. The average Bonchev–Trinajstić information content (AvgIpc) is 3.34. The number of aliphatic imine (C=N–C) groups is 1. The van der Waals surface area contributed by atoms with Crippen LogP contribution in [0, 0.1) is 0 Å². The number of H-pyrrole nitrogens is 1. The molecular weight excluding hydrogens is 492 g/mol. The number of hydrogen-bond acceptors (Lipinski definition) is 9. The molecule has 0 bridgehead atoms. The minimum atomic E-state index is -1.53. The van der Waals surface area contributed by atoms with Gasteiger partial charge in [-0.2, -0.15) is 0 Å². The summed E-state index contributed by atoms with van der Waals surface area (Å²) >= 11 is 0. The Morgan fingerprint density at radius 2 is 1.59 bits per heavy atom. The Balaban J connectivity index is 2.87. The molecule has 0 saturated heterocycles. The molecule has 37 heavy (non-hydrogen) atoms. The number of aliphatic hydroxyl groups is 1. The number of aromatic nitrogens is 2. The van der Waals surface area contributed by atoms with E-state index in [2.05, 4.69) is 30.9 Å². The van der Waals surface area contributed by atoms with Gasteiger partial charge in [0, 0.05) is 31.3 Å². The Bertz CT molecular complexity index is 949. The second-order valence-electron chi connectivity index (χ2n) is 8.05. The number of imidazole rings is 1. The van der Waals surface area contributed by atoms with Gasteiger partial charge in [0.1, 0.15) is 18.1 Å². The number of aromatic amines is 1. The van der Waals surface area contributed by atoms with Gasteiger partial charge in [-0.25, -0.2) is 9.78 Å². The zero-order valence-corrected chi connectivity index (χ0v) is 20.1. The molecule has 17 heteroatoms. The Morgan fingerprint density at radius 1 is 0.973 bits per heavy atom. The predicted octanol–water partition coefficient (Wildman–Crippen LogP) is -4.87. The number of carboxylic acids is 1. The first-order valence-corrected chi connectivity index (χ1v) is 11.3. The number of carbonyl (C=O) groups excluding carboxylic acids is 4. The average molecular weight is 527 g/mol. The lowest BCUT2D eigenvalue weighted by atomic mass is 10.1. The van der Waals surface area contributed by atoms with Gasteiger partial charge in [-0.3, -0.25) is 24.2 Å². The molecule has 0 aliphatic heterocycles. The standard InChI is InChI=1S/C20H34N10O7/c21-11(3-4-15(22)32)16(33)29-13(6-10-7-25-9-27-10)17(34)30-14(8-31)18(35)28-12(19(36)37)2-1-5-26-20(23)24/h7,9,11-14,31H,1-6,8,21H2,(H2,22,32)(H,25,27)(H,28,35)(H,29,33)(H,30,34)(H,36,37)(H4,23,24,26). The first-order chi connectivity index (χ1) is 17.4. The van der Waals surface area contributed by atoms with E-state index in [4.69, 9.17) is 22.9 Å². The molecule has 0 saturated carbocycles. The molecule has 1 aromatic heterocycles. The van der Waals surface area contributed by atoms with Gasteiger partial charge in [0.15, 0.2) is 5.96 Å². The zero-order valence-electron chi connectivity index (χ0n) is 20.1. The lowest BCUT2D eigenvalue weighted by Gasteiger charge is -2.24. The van der Waals surface area contributed by atoms with E-state index in [-0.39, 0.29) is 44.6 Å². The molecule has 0 aliphatic rings. The van der Waals surface area contributed by atoms with Gasteiger partial charge in [0.2, 0.25) is 23.6 Å². The highest BCUT2D eigenvalue weighted by atomic mass is 16.4. The largest absolute Gasteiger partial charge is 0.480 e. The summed E-state index contributed by atoms with van der Waals surface area (Å²) in [5, 5.41) is 26.0. The van der Waals surface area contributed by atoms with Crippen molar-refractivity contribution in [2.45, 2.75) is 56.3 Å². The van der Waals surface area contributed by atoms with E-state index in [1.807, 2.05) is 0 Å². The quantitative estimate of drug-likeness (QED) is 0.0521.